The molecule has 98 valence electrons. The summed E-state index contributed by atoms with van der Waals surface area (Å²) in [6, 6.07) is 8.30. The number of carbonyl (C=O) groups is 1. The van der Waals surface area contributed by atoms with Crippen molar-refractivity contribution in [1.82, 2.24) is 5.32 Å². The van der Waals surface area contributed by atoms with E-state index < -0.39 is 0 Å². The Balaban J connectivity index is 2.15. The van der Waals surface area contributed by atoms with Crippen LogP contribution in [-0.4, -0.2) is 24.9 Å². The van der Waals surface area contributed by atoms with Crippen molar-refractivity contribution < 1.29 is 4.79 Å². The molecule has 0 amide bonds. The molecule has 0 aromatic heterocycles. The lowest BCUT2D eigenvalue weighted by Gasteiger charge is -2.31. The highest BCUT2D eigenvalue weighted by Crippen LogP contribution is 2.22. The van der Waals surface area contributed by atoms with Crippen molar-refractivity contribution in [3.63, 3.8) is 0 Å². The Morgan fingerprint density at radius 2 is 2.22 bits per heavy atom. The second-order valence-electron chi connectivity index (χ2n) is 5.04. The minimum Gasteiger partial charge on any atom is -0.381 e. The van der Waals surface area contributed by atoms with E-state index in [1.165, 1.54) is 0 Å². The van der Waals surface area contributed by atoms with Crippen LogP contribution in [0, 0.1) is 5.92 Å². The maximum atomic E-state index is 11.9. The zero-order valence-corrected chi connectivity index (χ0v) is 11.2. The summed E-state index contributed by atoms with van der Waals surface area (Å²) in [6.45, 7) is 6.24. The van der Waals surface area contributed by atoms with Gasteiger partial charge >= 0.3 is 0 Å². The van der Waals surface area contributed by atoms with Crippen LogP contribution in [0.4, 0.5) is 5.69 Å². The van der Waals surface area contributed by atoms with Crippen LogP contribution in [0.25, 0.3) is 0 Å². The molecular formula is C15H22N2O. The molecule has 0 saturated carbocycles. The first-order valence-corrected chi connectivity index (χ1v) is 6.82. The van der Waals surface area contributed by atoms with Crippen molar-refractivity contribution in [3.05, 3.63) is 29.8 Å². The van der Waals surface area contributed by atoms with Crippen LogP contribution in [0.15, 0.2) is 24.3 Å². The van der Waals surface area contributed by atoms with Gasteiger partial charge in [0.25, 0.3) is 0 Å². The van der Waals surface area contributed by atoms with Crippen molar-refractivity contribution in [1.29, 1.82) is 0 Å². The first kappa shape index (κ1) is 13.1. The highest BCUT2D eigenvalue weighted by Gasteiger charge is 2.22. The number of para-hydroxylation sites is 1. The molecule has 0 unspecified atom stereocenters. The molecule has 18 heavy (non-hydrogen) atoms. The Labute approximate surface area is 109 Å². The summed E-state index contributed by atoms with van der Waals surface area (Å²) in [5.74, 6) is 0.795. The molecular weight excluding hydrogens is 224 g/mol. The first-order chi connectivity index (χ1) is 8.72. The molecule has 3 heteroatoms. The number of hydrogen-bond acceptors (Lipinski definition) is 3. The lowest BCUT2D eigenvalue weighted by molar-refractivity contribution is 0.0989. The largest absolute Gasteiger partial charge is 0.381 e. The van der Waals surface area contributed by atoms with Crippen LogP contribution in [0.2, 0.25) is 0 Å². The number of carbonyl (C=O) groups excluding carboxylic acids is 1. The fourth-order valence-corrected chi connectivity index (χ4v) is 2.47. The fourth-order valence-electron chi connectivity index (χ4n) is 2.47. The second kappa shape index (κ2) is 6.01. The standard InChI is InChI=1S/C15H22N2O/c1-3-15(18)12-6-4-5-7-14(12)17-13-8-9-16-10-11(13)2/h4-7,11,13,16-17H,3,8-10H2,1-2H3/t11-,13-/m0/s1. The van der Waals surface area contributed by atoms with E-state index in [1.54, 1.807) is 0 Å². The summed E-state index contributed by atoms with van der Waals surface area (Å²) in [5, 5.41) is 6.95. The van der Waals surface area contributed by atoms with E-state index in [1.807, 2.05) is 31.2 Å². The van der Waals surface area contributed by atoms with E-state index >= 15 is 0 Å². The van der Waals surface area contributed by atoms with Gasteiger partial charge in [-0.3, -0.25) is 4.79 Å². The third-order valence-corrected chi connectivity index (χ3v) is 3.67. The molecule has 1 aliphatic rings. The summed E-state index contributed by atoms with van der Waals surface area (Å²) in [5.41, 5.74) is 1.81. The van der Waals surface area contributed by atoms with Gasteiger partial charge < -0.3 is 10.6 Å². The molecule has 1 heterocycles. The van der Waals surface area contributed by atoms with Crippen LogP contribution in [0.3, 0.4) is 0 Å². The van der Waals surface area contributed by atoms with Gasteiger partial charge in [-0.15, -0.1) is 0 Å². The molecule has 1 saturated heterocycles. The quantitative estimate of drug-likeness (QED) is 0.803. The third-order valence-electron chi connectivity index (χ3n) is 3.67. The molecule has 1 aliphatic heterocycles. The minimum absolute atomic E-state index is 0.208. The van der Waals surface area contributed by atoms with Crippen LogP contribution in [0.1, 0.15) is 37.0 Å². The van der Waals surface area contributed by atoms with Crippen LogP contribution >= 0.6 is 0 Å². The van der Waals surface area contributed by atoms with Crippen molar-refractivity contribution in [3.8, 4) is 0 Å². The van der Waals surface area contributed by atoms with Gasteiger partial charge in [-0.05, 0) is 37.6 Å². The molecule has 3 nitrogen and oxygen atoms in total. The fraction of sp³-hybridized carbons (Fsp3) is 0.533. The third kappa shape index (κ3) is 2.91. The summed E-state index contributed by atoms with van der Waals surface area (Å²) < 4.78 is 0. The maximum Gasteiger partial charge on any atom is 0.164 e. The van der Waals surface area contributed by atoms with Crippen molar-refractivity contribution in [2.24, 2.45) is 5.92 Å². The zero-order valence-electron chi connectivity index (χ0n) is 11.2. The van der Waals surface area contributed by atoms with Crippen molar-refractivity contribution in [2.45, 2.75) is 32.7 Å². The molecule has 2 rings (SSSR count). The van der Waals surface area contributed by atoms with E-state index in [0.29, 0.717) is 18.4 Å². The molecule has 0 bridgehead atoms. The summed E-state index contributed by atoms with van der Waals surface area (Å²) in [6.07, 6.45) is 1.66. The van der Waals surface area contributed by atoms with Crippen LogP contribution in [0.5, 0.6) is 0 Å². The smallest absolute Gasteiger partial charge is 0.164 e. The van der Waals surface area contributed by atoms with E-state index in [-0.39, 0.29) is 5.78 Å². The van der Waals surface area contributed by atoms with Gasteiger partial charge in [0, 0.05) is 23.7 Å². The van der Waals surface area contributed by atoms with Gasteiger partial charge in [-0.2, -0.15) is 0 Å². The van der Waals surface area contributed by atoms with E-state index in [0.717, 1.165) is 30.8 Å². The average molecular weight is 246 g/mol. The Bertz CT molecular complexity index is 417. The zero-order chi connectivity index (χ0) is 13.0. The Hall–Kier alpha value is -1.35. The van der Waals surface area contributed by atoms with E-state index in [9.17, 15) is 4.79 Å². The van der Waals surface area contributed by atoms with Crippen molar-refractivity contribution in [2.75, 3.05) is 18.4 Å². The van der Waals surface area contributed by atoms with Crippen molar-refractivity contribution >= 4 is 11.5 Å². The molecule has 2 N–H and O–H groups in total. The van der Waals surface area contributed by atoms with Gasteiger partial charge in [0.2, 0.25) is 0 Å². The molecule has 1 aromatic carbocycles. The molecule has 2 atom stereocenters. The summed E-state index contributed by atoms with van der Waals surface area (Å²) >= 11 is 0. The Morgan fingerprint density at radius 1 is 1.44 bits per heavy atom. The van der Waals surface area contributed by atoms with E-state index in [4.69, 9.17) is 0 Å². The first-order valence-electron chi connectivity index (χ1n) is 6.82. The molecule has 0 aliphatic carbocycles. The number of piperidine rings is 1. The monoisotopic (exact) mass is 246 g/mol. The number of Topliss-reactive ketones (excluding diaryl/α,β-unsaturated/α-hetero) is 1. The second-order valence-corrected chi connectivity index (χ2v) is 5.04. The van der Waals surface area contributed by atoms with Gasteiger partial charge in [-0.1, -0.05) is 26.0 Å². The number of hydrogen-bond donors (Lipinski definition) is 2. The van der Waals surface area contributed by atoms with Crippen LogP contribution in [-0.2, 0) is 0 Å². The maximum absolute atomic E-state index is 11.9. The predicted octanol–water partition coefficient (Wildman–Crippen LogP) is 2.69. The van der Waals surface area contributed by atoms with E-state index in [2.05, 4.69) is 17.6 Å². The number of ketones is 1. The normalized spacial score (nSPS) is 23.7. The number of benzene rings is 1. The number of rotatable bonds is 4. The lowest BCUT2D eigenvalue weighted by Crippen LogP contribution is -2.42. The highest BCUT2D eigenvalue weighted by atomic mass is 16.1. The number of nitrogens with one attached hydrogen (secondary N) is 2. The Morgan fingerprint density at radius 3 is 2.94 bits per heavy atom. The average Bonchev–Trinajstić information content (AvgIpc) is 2.41. The molecule has 0 spiro atoms. The molecule has 0 radical (unpaired) electrons. The Kier molecular flexibility index (Phi) is 4.37. The van der Waals surface area contributed by atoms with Crippen LogP contribution < -0.4 is 10.6 Å². The predicted molar refractivity (Wildman–Crippen MR) is 75.1 cm³/mol. The van der Waals surface area contributed by atoms with Gasteiger partial charge in [0.05, 0.1) is 0 Å². The summed E-state index contributed by atoms with van der Waals surface area (Å²) in [7, 11) is 0. The lowest BCUT2D eigenvalue weighted by atomic mass is 9.94. The molecule has 1 fully saturated rings. The highest BCUT2D eigenvalue weighted by molar-refractivity contribution is 6.01. The van der Waals surface area contributed by atoms with Gasteiger partial charge in [-0.25, -0.2) is 0 Å². The number of anilines is 1. The SMILES string of the molecule is CCC(=O)c1ccccc1N[C@H]1CCNC[C@@H]1C. The van der Waals surface area contributed by atoms with Gasteiger partial charge in [0.1, 0.15) is 0 Å². The molecule has 1 aromatic rings. The minimum atomic E-state index is 0.208. The summed E-state index contributed by atoms with van der Waals surface area (Å²) in [4.78, 5) is 11.9. The topological polar surface area (TPSA) is 41.1 Å². The van der Waals surface area contributed by atoms with Gasteiger partial charge in [0.15, 0.2) is 5.78 Å².